The Morgan fingerprint density at radius 2 is 1.69 bits per heavy atom. The van der Waals surface area contributed by atoms with Gasteiger partial charge in [-0.15, -0.1) is 0 Å². The fraction of sp³-hybridized carbons (Fsp3) is 0.667. The van der Waals surface area contributed by atoms with Gasteiger partial charge in [0.25, 0.3) is 0 Å². The molecule has 0 rings (SSSR count). The zero-order valence-electron chi connectivity index (χ0n) is 6.86. The molecule has 0 saturated carbocycles. The van der Waals surface area contributed by atoms with Crippen molar-refractivity contribution in [2.24, 2.45) is 0 Å². The van der Waals surface area contributed by atoms with Crippen molar-refractivity contribution < 1.29 is 24.9 Å². The van der Waals surface area contributed by atoms with Crippen LogP contribution in [0.2, 0.25) is 0 Å². The second-order valence-electron chi connectivity index (χ2n) is 2.32. The SMILES string of the molecule is O=C(O)CNCC(O)NCC(=O)O. The van der Waals surface area contributed by atoms with Gasteiger partial charge in [-0.1, -0.05) is 0 Å². The summed E-state index contributed by atoms with van der Waals surface area (Å²) in [5.41, 5.74) is 0. The van der Waals surface area contributed by atoms with E-state index in [1.54, 1.807) is 0 Å². The molecule has 0 spiro atoms. The Hall–Kier alpha value is -1.18. The van der Waals surface area contributed by atoms with E-state index in [1.165, 1.54) is 0 Å². The van der Waals surface area contributed by atoms with Gasteiger partial charge in [-0.2, -0.15) is 0 Å². The predicted octanol–water partition coefficient (Wildman–Crippen LogP) is -2.35. The summed E-state index contributed by atoms with van der Waals surface area (Å²) in [5.74, 6) is -2.12. The average molecular weight is 192 g/mol. The van der Waals surface area contributed by atoms with Gasteiger partial charge in [0.1, 0.15) is 6.23 Å². The fourth-order valence-corrected chi connectivity index (χ4v) is 0.593. The zero-order chi connectivity index (χ0) is 10.3. The summed E-state index contributed by atoms with van der Waals surface area (Å²) >= 11 is 0. The van der Waals surface area contributed by atoms with Crippen LogP contribution in [0.5, 0.6) is 0 Å². The number of aliphatic carboxylic acids is 2. The molecule has 1 atom stereocenters. The lowest BCUT2D eigenvalue weighted by Gasteiger charge is -2.10. The molecule has 0 bridgehead atoms. The molecule has 1 unspecified atom stereocenters. The lowest BCUT2D eigenvalue weighted by molar-refractivity contribution is -0.137. The second kappa shape index (κ2) is 6.35. The van der Waals surface area contributed by atoms with Crippen LogP contribution < -0.4 is 10.6 Å². The molecule has 0 saturated heterocycles. The minimum Gasteiger partial charge on any atom is -0.480 e. The number of aliphatic hydroxyl groups excluding tert-OH is 1. The highest BCUT2D eigenvalue weighted by Crippen LogP contribution is 1.73. The first-order valence-electron chi connectivity index (χ1n) is 3.58. The Morgan fingerprint density at radius 3 is 2.15 bits per heavy atom. The van der Waals surface area contributed by atoms with Crippen LogP contribution in [0.1, 0.15) is 0 Å². The molecule has 0 aromatic carbocycles. The first-order valence-corrected chi connectivity index (χ1v) is 3.58. The van der Waals surface area contributed by atoms with Gasteiger partial charge in [-0.3, -0.25) is 14.9 Å². The molecule has 0 aliphatic heterocycles. The van der Waals surface area contributed by atoms with E-state index < -0.39 is 18.2 Å². The lowest BCUT2D eigenvalue weighted by Crippen LogP contribution is -2.42. The molecule has 7 nitrogen and oxygen atoms in total. The van der Waals surface area contributed by atoms with Crippen LogP contribution in [0.25, 0.3) is 0 Å². The van der Waals surface area contributed by atoms with Gasteiger partial charge in [0.15, 0.2) is 0 Å². The summed E-state index contributed by atoms with van der Waals surface area (Å²) < 4.78 is 0. The maximum atomic E-state index is 10.00. The third-order valence-electron chi connectivity index (χ3n) is 1.10. The highest BCUT2D eigenvalue weighted by atomic mass is 16.4. The Kier molecular flexibility index (Phi) is 5.77. The van der Waals surface area contributed by atoms with Crippen molar-refractivity contribution in [3.8, 4) is 0 Å². The maximum Gasteiger partial charge on any atom is 0.317 e. The van der Waals surface area contributed by atoms with Crippen LogP contribution in [0, 0.1) is 0 Å². The van der Waals surface area contributed by atoms with E-state index >= 15 is 0 Å². The molecule has 0 aromatic heterocycles. The van der Waals surface area contributed by atoms with E-state index in [2.05, 4.69) is 10.6 Å². The van der Waals surface area contributed by atoms with Crippen molar-refractivity contribution in [3.63, 3.8) is 0 Å². The number of rotatable bonds is 7. The van der Waals surface area contributed by atoms with Crippen molar-refractivity contribution in [1.29, 1.82) is 0 Å². The molecule has 0 heterocycles. The van der Waals surface area contributed by atoms with Gasteiger partial charge in [-0.25, -0.2) is 0 Å². The van der Waals surface area contributed by atoms with Gasteiger partial charge in [0.2, 0.25) is 0 Å². The van der Waals surface area contributed by atoms with E-state index in [0.717, 1.165) is 0 Å². The molecule has 7 heteroatoms. The quantitative estimate of drug-likeness (QED) is 0.286. The number of carbonyl (C=O) groups is 2. The van der Waals surface area contributed by atoms with Crippen LogP contribution in [-0.4, -0.2) is 53.1 Å². The van der Waals surface area contributed by atoms with E-state index in [9.17, 15) is 9.59 Å². The van der Waals surface area contributed by atoms with Crippen LogP contribution in [-0.2, 0) is 9.59 Å². The van der Waals surface area contributed by atoms with Crippen LogP contribution in [0.15, 0.2) is 0 Å². The standard InChI is InChI=1S/C6H12N2O5/c9-4(8-3-6(12)13)1-7-2-5(10)11/h4,7-9H,1-3H2,(H,10,11)(H,12,13). The first kappa shape index (κ1) is 11.8. The lowest BCUT2D eigenvalue weighted by atomic mass is 10.5. The number of hydrogen-bond donors (Lipinski definition) is 5. The van der Waals surface area contributed by atoms with E-state index in [1.807, 2.05) is 0 Å². The van der Waals surface area contributed by atoms with Crippen LogP contribution in [0.3, 0.4) is 0 Å². The van der Waals surface area contributed by atoms with Crippen LogP contribution in [0.4, 0.5) is 0 Å². The largest absolute Gasteiger partial charge is 0.480 e. The summed E-state index contributed by atoms with van der Waals surface area (Å²) in [5, 5.41) is 30.0. The summed E-state index contributed by atoms with van der Waals surface area (Å²) in [6, 6.07) is 0. The number of nitrogens with one attached hydrogen (secondary N) is 2. The van der Waals surface area contributed by atoms with Gasteiger partial charge < -0.3 is 20.6 Å². The summed E-state index contributed by atoms with van der Waals surface area (Å²) in [6.45, 7) is -0.651. The molecule has 0 radical (unpaired) electrons. The minimum atomic E-state index is -1.09. The smallest absolute Gasteiger partial charge is 0.317 e. The summed E-state index contributed by atoms with van der Waals surface area (Å²) in [4.78, 5) is 20.0. The monoisotopic (exact) mass is 192 g/mol. The van der Waals surface area contributed by atoms with E-state index in [4.69, 9.17) is 15.3 Å². The second-order valence-corrected chi connectivity index (χ2v) is 2.32. The topological polar surface area (TPSA) is 119 Å². The van der Waals surface area contributed by atoms with Crippen LogP contribution >= 0.6 is 0 Å². The molecule has 0 amide bonds. The fourth-order valence-electron chi connectivity index (χ4n) is 0.593. The Morgan fingerprint density at radius 1 is 1.15 bits per heavy atom. The predicted molar refractivity (Wildman–Crippen MR) is 42.2 cm³/mol. The third kappa shape index (κ3) is 8.73. The molecule has 5 N–H and O–H groups in total. The summed E-state index contributed by atoms with van der Waals surface area (Å²) in [6.07, 6.45) is -1.06. The molecule has 13 heavy (non-hydrogen) atoms. The normalized spacial score (nSPS) is 12.4. The number of carboxylic acid groups (broad SMARTS) is 2. The number of carboxylic acids is 2. The molecular weight excluding hydrogens is 180 g/mol. The number of aliphatic hydroxyl groups is 1. The van der Waals surface area contributed by atoms with Crippen molar-refractivity contribution in [1.82, 2.24) is 10.6 Å². The molecule has 0 fully saturated rings. The van der Waals surface area contributed by atoms with Gasteiger partial charge in [-0.05, 0) is 0 Å². The zero-order valence-corrected chi connectivity index (χ0v) is 6.86. The van der Waals surface area contributed by atoms with E-state index in [-0.39, 0.29) is 19.6 Å². The molecule has 0 aliphatic carbocycles. The molecule has 76 valence electrons. The Bertz CT molecular complexity index is 184. The highest BCUT2D eigenvalue weighted by Gasteiger charge is 2.05. The highest BCUT2D eigenvalue weighted by molar-refractivity contribution is 5.69. The molecule has 0 aromatic rings. The third-order valence-corrected chi connectivity index (χ3v) is 1.10. The molecule has 0 aliphatic rings. The van der Waals surface area contributed by atoms with Crippen molar-refractivity contribution in [2.75, 3.05) is 19.6 Å². The number of hydrogen-bond acceptors (Lipinski definition) is 5. The Balaban J connectivity index is 3.35. The van der Waals surface area contributed by atoms with Crippen molar-refractivity contribution in [3.05, 3.63) is 0 Å². The Labute approximate surface area is 74.4 Å². The van der Waals surface area contributed by atoms with Crippen molar-refractivity contribution >= 4 is 11.9 Å². The first-order chi connectivity index (χ1) is 6.02. The summed E-state index contributed by atoms with van der Waals surface area (Å²) in [7, 11) is 0. The maximum absolute atomic E-state index is 10.00. The van der Waals surface area contributed by atoms with Crippen molar-refractivity contribution in [2.45, 2.75) is 6.23 Å². The van der Waals surface area contributed by atoms with E-state index in [0.29, 0.717) is 0 Å². The van der Waals surface area contributed by atoms with Gasteiger partial charge >= 0.3 is 11.9 Å². The van der Waals surface area contributed by atoms with Gasteiger partial charge in [0, 0.05) is 6.54 Å². The molecular formula is C6H12N2O5. The minimum absolute atomic E-state index is 0.0143. The average Bonchev–Trinajstić information content (AvgIpc) is 2.00. The van der Waals surface area contributed by atoms with Gasteiger partial charge in [0.05, 0.1) is 13.1 Å².